The Bertz CT molecular complexity index is 807. The zero-order valence-corrected chi connectivity index (χ0v) is 15.4. The highest BCUT2D eigenvalue weighted by molar-refractivity contribution is 6.04. The summed E-state index contributed by atoms with van der Waals surface area (Å²) in [7, 11) is 0. The van der Waals surface area contributed by atoms with Crippen molar-refractivity contribution in [3.63, 3.8) is 0 Å². The Morgan fingerprint density at radius 2 is 1.96 bits per heavy atom. The Morgan fingerprint density at radius 1 is 1.19 bits per heavy atom. The minimum Gasteiger partial charge on any atom is -0.338 e. The molecule has 1 fully saturated rings. The summed E-state index contributed by atoms with van der Waals surface area (Å²) in [6.45, 7) is 3.92. The van der Waals surface area contributed by atoms with Gasteiger partial charge in [0.2, 0.25) is 0 Å². The van der Waals surface area contributed by atoms with E-state index in [0.717, 1.165) is 24.9 Å². The van der Waals surface area contributed by atoms with Crippen molar-refractivity contribution in [3.05, 3.63) is 65.5 Å². The summed E-state index contributed by atoms with van der Waals surface area (Å²) >= 11 is 0. The van der Waals surface area contributed by atoms with Crippen LogP contribution >= 0.6 is 0 Å². The number of halogens is 1. The molecule has 5 nitrogen and oxygen atoms in total. The van der Waals surface area contributed by atoms with Crippen molar-refractivity contribution in [2.24, 2.45) is 0 Å². The third-order valence-electron chi connectivity index (χ3n) is 4.76. The van der Waals surface area contributed by atoms with Crippen LogP contribution in [0.2, 0.25) is 0 Å². The van der Waals surface area contributed by atoms with Crippen LogP contribution in [0, 0.1) is 5.82 Å². The number of rotatable bonds is 4. The second-order valence-electron chi connectivity index (χ2n) is 6.71. The SMILES string of the molecule is CCNC(=O)N1CCC[C@H](c2cccc(C(=O)Nc3ccc(F)cc3)c2)C1. The van der Waals surface area contributed by atoms with Gasteiger partial charge >= 0.3 is 6.03 Å². The lowest BCUT2D eigenvalue weighted by Gasteiger charge is -2.33. The van der Waals surface area contributed by atoms with Gasteiger partial charge in [-0.1, -0.05) is 12.1 Å². The maximum atomic E-state index is 13.0. The van der Waals surface area contributed by atoms with E-state index in [4.69, 9.17) is 0 Å². The number of piperidine rings is 1. The Morgan fingerprint density at radius 3 is 2.70 bits per heavy atom. The standard InChI is InChI=1S/C21H24FN3O2/c1-2-23-21(27)25-12-4-7-17(14-25)15-5-3-6-16(13-15)20(26)24-19-10-8-18(22)9-11-19/h3,5-6,8-11,13,17H,2,4,7,12,14H2,1H3,(H,23,27)(H,24,26)/t17-/m0/s1. The molecule has 27 heavy (non-hydrogen) atoms. The highest BCUT2D eigenvalue weighted by atomic mass is 19.1. The van der Waals surface area contributed by atoms with Gasteiger partial charge < -0.3 is 15.5 Å². The minimum absolute atomic E-state index is 0.0348. The van der Waals surface area contributed by atoms with E-state index in [1.165, 1.54) is 24.3 Å². The predicted molar refractivity (Wildman–Crippen MR) is 103 cm³/mol. The second-order valence-corrected chi connectivity index (χ2v) is 6.71. The number of carbonyl (C=O) groups excluding carboxylic acids is 2. The topological polar surface area (TPSA) is 61.4 Å². The quantitative estimate of drug-likeness (QED) is 0.856. The van der Waals surface area contributed by atoms with E-state index in [0.29, 0.717) is 24.3 Å². The highest BCUT2D eigenvalue weighted by Gasteiger charge is 2.24. The molecule has 1 aliphatic heterocycles. The molecule has 2 N–H and O–H groups in total. The number of carbonyl (C=O) groups is 2. The van der Waals surface area contributed by atoms with Crippen molar-refractivity contribution >= 4 is 17.6 Å². The second kappa shape index (κ2) is 8.66. The maximum Gasteiger partial charge on any atom is 0.317 e. The molecule has 2 aromatic carbocycles. The molecule has 0 aromatic heterocycles. The van der Waals surface area contributed by atoms with Gasteiger partial charge in [-0.05, 0) is 61.7 Å². The lowest BCUT2D eigenvalue weighted by molar-refractivity contribution is 0.102. The molecule has 0 aliphatic carbocycles. The number of benzene rings is 2. The molecular weight excluding hydrogens is 345 g/mol. The fourth-order valence-electron chi connectivity index (χ4n) is 3.37. The molecule has 0 unspecified atom stereocenters. The van der Waals surface area contributed by atoms with Gasteiger partial charge in [0.05, 0.1) is 0 Å². The molecule has 1 saturated heterocycles. The van der Waals surface area contributed by atoms with E-state index in [1.807, 2.05) is 30.0 Å². The highest BCUT2D eigenvalue weighted by Crippen LogP contribution is 2.27. The third kappa shape index (κ3) is 4.84. The van der Waals surface area contributed by atoms with E-state index < -0.39 is 0 Å². The number of hydrogen-bond acceptors (Lipinski definition) is 2. The average Bonchev–Trinajstić information content (AvgIpc) is 2.70. The first kappa shape index (κ1) is 18.9. The molecule has 0 spiro atoms. The summed E-state index contributed by atoms with van der Waals surface area (Å²) in [6, 6.07) is 13.1. The maximum absolute atomic E-state index is 13.0. The van der Waals surface area contributed by atoms with Crippen molar-refractivity contribution < 1.29 is 14.0 Å². The van der Waals surface area contributed by atoms with Crippen LogP contribution in [0.3, 0.4) is 0 Å². The van der Waals surface area contributed by atoms with Gasteiger partial charge in [-0.2, -0.15) is 0 Å². The largest absolute Gasteiger partial charge is 0.338 e. The molecule has 0 radical (unpaired) electrons. The van der Waals surface area contributed by atoms with Gasteiger partial charge in [-0.25, -0.2) is 9.18 Å². The molecule has 3 rings (SSSR count). The van der Waals surface area contributed by atoms with Crippen molar-refractivity contribution in [1.29, 1.82) is 0 Å². The number of nitrogens with zero attached hydrogens (tertiary/aromatic N) is 1. The molecule has 1 heterocycles. The Kier molecular flexibility index (Phi) is 6.06. The summed E-state index contributed by atoms with van der Waals surface area (Å²) in [5.74, 6) is -0.372. The minimum atomic E-state index is -0.344. The van der Waals surface area contributed by atoms with Gasteiger partial charge in [0.1, 0.15) is 5.82 Å². The van der Waals surface area contributed by atoms with E-state index in [2.05, 4.69) is 10.6 Å². The Hall–Kier alpha value is -2.89. The average molecular weight is 369 g/mol. The fraction of sp³-hybridized carbons (Fsp3) is 0.333. The van der Waals surface area contributed by atoms with Gasteiger partial charge in [0.15, 0.2) is 0 Å². The molecular formula is C21H24FN3O2. The lowest BCUT2D eigenvalue weighted by Crippen LogP contribution is -2.44. The van der Waals surface area contributed by atoms with Crippen LogP contribution in [0.15, 0.2) is 48.5 Å². The molecule has 1 aliphatic rings. The first-order valence-corrected chi connectivity index (χ1v) is 9.26. The zero-order valence-electron chi connectivity index (χ0n) is 15.4. The van der Waals surface area contributed by atoms with Gasteiger partial charge in [-0.15, -0.1) is 0 Å². The van der Waals surface area contributed by atoms with Crippen molar-refractivity contribution in [1.82, 2.24) is 10.2 Å². The van der Waals surface area contributed by atoms with Gasteiger partial charge in [0, 0.05) is 36.8 Å². The van der Waals surface area contributed by atoms with E-state index in [-0.39, 0.29) is 23.7 Å². The Balaban J connectivity index is 1.70. The molecule has 0 saturated carbocycles. The van der Waals surface area contributed by atoms with E-state index >= 15 is 0 Å². The number of amides is 3. The van der Waals surface area contributed by atoms with E-state index in [1.54, 1.807) is 6.07 Å². The molecule has 1 atom stereocenters. The molecule has 3 amide bonds. The van der Waals surface area contributed by atoms with Crippen LogP contribution in [0.4, 0.5) is 14.9 Å². The van der Waals surface area contributed by atoms with Crippen LogP contribution in [-0.2, 0) is 0 Å². The molecule has 0 bridgehead atoms. The number of nitrogens with one attached hydrogen (secondary N) is 2. The lowest BCUT2D eigenvalue weighted by atomic mass is 9.89. The molecule has 2 aromatic rings. The van der Waals surface area contributed by atoms with Crippen molar-refractivity contribution in [2.45, 2.75) is 25.7 Å². The monoisotopic (exact) mass is 369 g/mol. The van der Waals surface area contributed by atoms with Gasteiger partial charge in [0.25, 0.3) is 5.91 Å². The summed E-state index contributed by atoms with van der Waals surface area (Å²) in [6.07, 6.45) is 1.92. The summed E-state index contributed by atoms with van der Waals surface area (Å²) < 4.78 is 13.0. The normalized spacial score (nSPS) is 16.7. The molecule has 6 heteroatoms. The first-order valence-electron chi connectivity index (χ1n) is 9.26. The number of hydrogen-bond donors (Lipinski definition) is 2. The van der Waals surface area contributed by atoms with Crippen LogP contribution in [0.5, 0.6) is 0 Å². The smallest absolute Gasteiger partial charge is 0.317 e. The van der Waals surface area contributed by atoms with E-state index in [9.17, 15) is 14.0 Å². The van der Waals surface area contributed by atoms with Crippen LogP contribution < -0.4 is 10.6 Å². The van der Waals surface area contributed by atoms with Crippen molar-refractivity contribution in [3.8, 4) is 0 Å². The zero-order chi connectivity index (χ0) is 19.2. The molecule has 142 valence electrons. The summed E-state index contributed by atoms with van der Waals surface area (Å²) in [4.78, 5) is 26.4. The van der Waals surface area contributed by atoms with Crippen LogP contribution in [0.1, 0.15) is 41.6 Å². The first-order chi connectivity index (χ1) is 13.1. The van der Waals surface area contributed by atoms with Gasteiger partial charge in [-0.3, -0.25) is 4.79 Å². The third-order valence-corrected chi connectivity index (χ3v) is 4.76. The Labute approximate surface area is 158 Å². The van der Waals surface area contributed by atoms with Crippen LogP contribution in [0.25, 0.3) is 0 Å². The van der Waals surface area contributed by atoms with Crippen LogP contribution in [-0.4, -0.2) is 36.5 Å². The number of likely N-dealkylation sites (tertiary alicyclic amines) is 1. The number of urea groups is 1. The summed E-state index contributed by atoms with van der Waals surface area (Å²) in [5, 5.41) is 5.62. The summed E-state index contributed by atoms with van der Waals surface area (Å²) in [5.41, 5.74) is 2.15. The van der Waals surface area contributed by atoms with Crippen molar-refractivity contribution in [2.75, 3.05) is 25.0 Å². The predicted octanol–water partition coefficient (Wildman–Crippen LogP) is 3.99. The fourth-order valence-corrected chi connectivity index (χ4v) is 3.37. The number of anilines is 1.